The molecule has 1 fully saturated rings. The van der Waals surface area contributed by atoms with E-state index in [2.05, 4.69) is 19.2 Å². The zero-order chi connectivity index (χ0) is 13.7. The van der Waals surface area contributed by atoms with Crippen molar-refractivity contribution < 1.29 is 4.39 Å². The van der Waals surface area contributed by atoms with Crippen molar-refractivity contribution in [3.05, 3.63) is 35.6 Å². The minimum absolute atomic E-state index is 0.146. The van der Waals surface area contributed by atoms with E-state index in [0.29, 0.717) is 0 Å². The molecule has 1 atom stereocenters. The van der Waals surface area contributed by atoms with Crippen LogP contribution in [0.5, 0.6) is 0 Å². The van der Waals surface area contributed by atoms with Gasteiger partial charge in [-0.1, -0.05) is 44.7 Å². The minimum atomic E-state index is -0.146. The number of hydrogen-bond donors (Lipinski definition) is 1. The lowest BCUT2D eigenvalue weighted by atomic mass is 9.81. The Balaban J connectivity index is 1.70. The zero-order valence-electron chi connectivity index (χ0n) is 12.2. The van der Waals surface area contributed by atoms with Crippen LogP contribution in [-0.4, -0.2) is 6.54 Å². The molecule has 1 unspecified atom stereocenters. The Hall–Kier alpha value is -0.890. The normalized spacial score (nSPS) is 25.2. The summed E-state index contributed by atoms with van der Waals surface area (Å²) in [7, 11) is 0. The molecule has 1 saturated carbocycles. The predicted octanol–water partition coefficient (Wildman–Crippen LogP) is 4.69. The standard InChI is InChI=1S/C17H26FN/c1-13-6-8-15(9-7-13)10-11-19-14(2)16-4-3-5-17(18)12-16/h3-5,12-15,19H,6-11H2,1-2H3. The molecule has 19 heavy (non-hydrogen) atoms. The molecule has 0 saturated heterocycles. The van der Waals surface area contributed by atoms with Gasteiger partial charge in [-0.05, 0) is 49.4 Å². The van der Waals surface area contributed by atoms with Gasteiger partial charge in [0.05, 0.1) is 0 Å². The SMILES string of the molecule is CC1CCC(CCNC(C)c2cccc(F)c2)CC1. The largest absolute Gasteiger partial charge is 0.310 e. The zero-order valence-corrected chi connectivity index (χ0v) is 12.2. The first-order valence-corrected chi connectivity index (χ1v) is 7.64. The van der Waals surface area contributed by atoms with E-state index >= 15 is 0 Å². The van der Waals surface area contributed by atoms with Crippen molar-refractivity contribution in [3.8, 4) is 0 Å². The Morgan fingerprint density at radius 2 is 2.00 bits per heavy atom. The van der Waals surface area contributed by atoms with E-state index in [0.717, 1.165) is 23.9 Å². The Morgan fingerprint density at radius 1 is 1.26 bits per heavy atom. The average molecular weight is 263 g/mol. The lowest BCUT2D eigenvalue weighted by Gasteiger charge is -2.26. The van der Waals surface area contributed by atoms with Crippen molar-refractivity contribution in [2.75, 3.05) is 6.54 Å². The Labute approximate surface area is 116 Å². The van der Waals surface area contributed by atoms with Gasteiger partial charge in [0.1, 0.15) is 5.82 Å². The maximum absolute atomic E-state index is 13.1. The number of nitrogens with one attached hydrogen (secondary N) is 1. The molecule has 2 heteroatoms. The summed E-state index contributed by atoms with van der Waals surface area (Å²) in [6.07, 6.45) is 6.81. The highest BCUT2D eigenvalue weighted by atomic mass is 19.1. The van der Waals surface area contributed by atoms with E-state index in [4.69, 9.17) is 0 Å². The number of hydrogen-bond acceptors (Lipinski definition) is 1. The molecular weight excluding hydrogens is 237 g/mol. The lowest BCUT2D eigenvalue weighted by Crippen LogP contribution is -2.23. The van der Waals surface area contributed by atoms with Crippen LogP contribution in [0.4, 0.5) is 4.39 Å². The van der Waals surface area contributed by atoms with Crippen molar-refractivity contribution in [2.24, 2.45) is 11.8 Å². The van der Waals surface area contributed by atoms with E-state index in [1.54, 1.807) is 12.1 Å². The van der Waals surface area contributed by atoms with E-state index in [1.807, 2.05) is 6.07 Å². The monoisotopic (exact) mass is 263 g/mol. The van der Waals surface area contributed by atoms with Gasteiger partial charge in [0.15, 0.2) is 0 Å². The van der Waals surface area contributed by atoms with Crippen LogP contribution in [0, 0.1) is 17.7 Å². The van der Waals surface area contributed by atoms with Crippen LogP contribution in [0.2, 0.25) is 0 Å². The fourth-order valence-corrected chi connectivity index (χ4v) is 3.02. The Bertz CT molecular complexity index is 383. The molecule has 1 aromatic rings. The maximum Gasteiger partial charge on any atom is 0.123 e. The summed E-state index contributed by atoms with van der Waals surface area (Å²) in [6, 6.07) is 7.13. The molecule has 2 rings (SSSR count). The Morgan fingerprint density at radius 3 is 2.68 bits per heavy atom. The summed E-state index contributed by atoms with van der Waals surface area (Å²) in [5.41, 5.74) is 1.04. The third kappa shape index (κ3) is 4.61. The first-order valence-electron chi connectivity index (χ1n) is 7.64. The van der Waals surface area contributed by atoms with E-state index < -0.39 is 0 Å². The van der Waals surface area contributed by atoms with Gasteiger partial charge in [-0.15, -0.1) is 0 Å². The molecule has 0 amide bonds. The molecule has 0 spiro atoms. The highest BCUT2D eigenvalue weighted by Crippen LogP contribution is 2.30. The van der Waals surface area contributed by atoms with E-state index in [1.165, 1.54) is 38.2 Å². The smallest absolute Gasteiger partial charge is 0.123 e. The quantitative estimate of drug-likeness (QED) is 0.812. The summed E-state index contributed by atoms with van der Waals surface area (Å²) >= 11 is 0. The third-order valence-corrected chi connectivity index (χ3v) is 4.49. The molecule has 0 aromatic heterocycles. The summed E-state index contributed by atoms with van der Waals surface area (Å²) in [5.74, 6) is 1.67. The van der Waals surface area contributed by atoms with Crippen LogP contribution in [0.25, 0.3) is 0 Å². The van der Waals surface area contributed by atoms with Crippen molar-refractivity contribution >= 4 is 0 Å². The molecule has 106 valence electrons. The van der Waals surface area contributed by atoms with Crippen LogP contribution in [0.1, 0.15) is 57.6 Å². The van der Waals surface area contributed by atoms with Gasteiger partial charge in [-0.2, -0.15) is 0 Å². The second-order valence-electron chi connectivity index (χ2n) is 6.15. The van der Waals surface area contributed by atoms with Gasteiger partial charge in [0.2, 0.25) is 0 Å². The summed E-state index contributed by atoms with van der Waals surface area (Å²) in [6.45, 7) is 5.51. The van der Waals surface area contributed by atoms with Crippen LogP contribution >= 0.6 is 0 Å². The van der Waals surface area contributed by atoms with Crippen molar-refractivity contribution in [1.29, 1.82) is 0 Å². The molecule has 1 aliphatic rings. The first kappa shape index (κ1) is 14.5. The molecule has 1 N–H and O–H groups in total. The summed E-state index contributed by atoms with van der Waals surface area (Å²) in [4.78, 5) is 0. The lowest BCUT2D eigenvalue weighted by molar-refractivity contribution is 0.273. The van der Waals surface area contributed by atoms with E-state index in [9.17, 15) is 4.39 Å². The van der Waals surface area contributed by atoms with E-state index in [-0.39, 0.29) is 11.9 Å². The molecule has 0 heterocycles. The second kappa shape index (κ2) is 7.04. The minimum Gasteiger partial charge on any atom is -0.310 e. The second-order valence-corrected chi connectivity index (χ2v) is 6.15. The molecule has 0 radical (unpaired) electrons. The van der Waals surface area contributed by atoms with Crippen molar-refractivity contribution in [1.82, 2.24) is 5.32 Å². The Kier molecular flexibility index (Phi) is 5.38. The third-order valence-electron chi connectivity index (χ3n) is 4.49. The molecule has 0 bridgehead atoms. The number of rotatable bonds is 5. The topological polar surface area (TPSA) is 12.0 Å². The van der Waals surface area contributed by atoms with Crippen molar-refractivity contribution in [3.63, 3.8) is 0 Å². The van der Waals surface area contributed by atoms with Gasteiger partial charge in [0.25, 0.3) is 0 Å². The van der Waals surface area contributed by atoms with Gasteiger partial charge in [-0.25, -0.2) is 4.39 Å². The van der Waals surface area contributed by atoms with Gasteiger partial charge < -0.3 is 5.32 Å². The van der Waals surface area contributed by atoms with Crippen LogP contribution in [-0.2, 0) is 0 Å². The molecule has 1 aromatic carbocycles. The first-order chi connectivity index (χ1) is 9.15. The predicted molar refractivity (Wildman–Crippen MR) is 78.6 cm³/mol. The number of benzene rings is 1. The fraction of sp³-hybridized carbons (Fsp3) is 0.647. The summed E-state index contributed by atoms with van der Waals surface area (Å²) in [5, 5.41) is 3.52. The van der Waals surface area contributed by atoms with Gasteiger partial charge in [0, 0.05) is 6.04 Å². The van der Waals surface area contributed by atoms with Crippen LogP contribution in [0.15, 0.2) is 24.3 Å². The molecule has 1 aliphatic carbocycles. The molecular formula is C17H26FN. The highest BCUT2D eigenvalue weighted by Gasteiger charge is 2.17. The average Bonchev–Trinajstić information content (AvgIpc) is 2.41. The van der Waals surface area contributed by atoms with Crippen molar-refractivity contribution in [2.45, 2.75) is 52.0 Å². The summed E-state index contributed by atoms with van der Waals surface area (Å²) < 4.78 is 13.1. The van der Waals surface area contributed by atoms with Gasteiger partial charge >= 0.3 is 0 Å². The van der Waals surface area contributed by atoms with Crippen LogP contribution in [0.3, 0.4) is 0 Å². The highest BCUT2D eigenvalue weighted by molar-refractivity contribution is 5.19. The van der Waals surface area contributed by atoms with Gasteiger partial charge in [-0.3, -0.25) is 0 Å². The van der Waals surface area contributed by atoms with Crippen LogP contribution < -0.4 is 5.32 Å². The molecule has 0 aliphatic heterocycles. The number of halogens is 1. The fourth-order valence-electron chi connectivity index (χ4n) is 3.02. The molecule has 1 nitrogen and oxygen atoms in total. The maximum atomic E-state index is 13.1.